The molecule has 0 aromatic heterocycles. The van der Waals surface area contributed by atoms with Crippen molar-refractivity contribution in [3.05, 3.63) is 94.0 Å². The second-order valence-corrected chi connectivity index (χ2v) is 12.2. The lowest BCUT2D eigenvalue weighted by atomic mass is 10.0. The summed E-state index contributed by atoms with van der Waals surface area (Å²) in [5.74, 6) is -0.169. The van der Waals surface area contributed by atoms with Gasteiger partial charge in [0.25, 0.3) is 0 Å². The van der Waals surface area contributed by atoms with E-state index in [1.54, 1.807) is 42.5 Å². The number of carbonyl (C=O) groups is 2. The zero-order chi connectivity index (χ0) is 30.0. The Morgan fingerprint density at radius 1 is 0.951 bits per heavy atom. The van der Waals surface area contributed by atoms with Crippen LogP contribution in [0, 0.1) is 0 Å². The highest BCUT2D eigenvalue weighted by Gasteiger charge is 2.30. The number of sulfonamides is 1. The minimum Gasteiger partial charge on any atom is -0.495 e. The summed E-state index contributed by atoms with van der Waals surface area (Å²) in [5.41, 5.74) is 2.00. The van der Waals surface area contributed by atoms with Crippen LogP contribution in [0.4, 0.5) is 5.69 Å². The fourth-order valence-electron chi connectivity index (χ4n) is 4.50. The molecule has 3 rings (SSSR count). The van der Waals surface area contributed by atoms with Gasteiger partial charge in [-0.2, -0.15) is 0 Å². The predicted octanol–water partition coefficient (Wildman–Crippen LogP) is 5.32. The van der Waals surface area contributed by atoms with Gasteiger partial charge in [0.2, 0.25) is 21.8 Å². The van der Waals surface area contributed by atoms with Gasteiger partial charge in [-0.05, 0) is 48.7 Å². The molecule has 1 N–H and O–H groups in total. The summed E-state index contributed by atoms with van der Waals surface area (Å²) in [6.45, 7) is 2.39. The van der Waals surface area contributed by atoms with Gasteiger partial charge in [-0.25, -0.2) is 8.42 Å². The maximum Gasteiger partial charge on any atom is 0.243 e. The summed E-state index contributed by atoms with van der Waals surface area (Å²) < 4.78 is 32.0. The Kier molecular flexibility index (Phi) is 11.9. The number of halogens is 2. The third-order valence-electron chi connectivity index (χ3n) is 6.47. The number of hydrogen-bond acceptors (Lipinski definition) is 5. The Labute approximate surface area is 252 Å². The molecule has 3 aromatic carbocycles. The number of anilines is 1. The van der Waals surface area contributed by atoms with Crippen LogP contribution in [-0.4, -0.2) is 57.6 Å². The molecule has 41 heavy (non-hydrogen) atoms. The van der Waals surface area contributed by atoms with E-state index in [9.17, 15) is 18.0 Å². The molecule has 0 fully saturated rings. The number of para-hydroxylation sites is 2. The van der Waals surface area contributed by atoms with Crippen molar-refractivity contribution < 1.29 is 22.7 Å². The van der Waals surface area contributed by atoms with Crippen molar-refractivity contribution in [3.8, 4) is 5.75 Å². The number of amides is 2. The number of rotatable bonds is 14. The standard InChI is InChI=1S/C30H35Cl2N3O5S/c1-4-33-30(37)27(20-22-11-6-5-7-12-22)34(21-23-16-17-24(31)25(32)19-23)29(36)15-10-18-35(41(3,38)39)26-13-8-9-14-28(26)40-2/h5-9,11-14,16-17,19,27H,4,10,15,18,20-21H2,1-3H3,(H,33,37)/t27-/m1/s1. The van der Waals surface area contributed by atoms with E-state index in [1.165, 1.54) is 16.3 Å². The fourth-order valence-corrected chi connectivity index (χ4v) is 5.79. The van der Waals surface area contributed by atoms with E-state index in [1.807, 2.05) is 37.3 Å². The van der Waals surface area contributed by atoms with Crippen LogP contribution in [0.2, 0.25) is 10.0 Å². The Morgan fingerprint density at radius 3 is 2.27 bits per heavy atom. The van der Waals surface area contributed by atoms with Crippen molar-refractivity contribution in [1.82, 2.24) is 10.2 Å². The van der Waals surface area contributed by atoms with Crippen molar-refractivity contribution in [2.75, 3.05) is 30.8 Å². The van der Waals surface area contributed by atoms with E-state index in [0.717, 1.165) is 11.8 Å². The number of hydrogen-bond donors (Lipinski definition) is 1. The molecule has 0 unspecified atom stereocenters. The van der Waals surface area contributed by atoms with Crippen molar-refractivity contribution in [3.63, 3.8) is 0 Å². The van der Waals surface area contributed by atoms with Gasteiger partial charge in [0, 0.05) is 32.5 Å². The summed E-state index contributed by atoms with van der Waals surface area (Å²) in [7, 11) is -2.20. The van der Waals surface area contributed by atoms with Crippen LogP contribution in [0.5, 0.6) is 5.75 Å². The van der Waals surface area contributed by atoms with E-state index < -0.39 is 16.1 Å². The molecule has 0 aliphatic rings. The molecule has 11 heteroatoms. The highest BCUT2D eigenvalue weighted by Crippen LogP contribution is 2.30. The van der Waals surface area contributed by atoms with Crippen LogP contribution in [0.15, 0.2) is 72.8 Å². The summed E-state index contributed by atoms with van der Waals surface area (Å²) in [6.07, 6.45) is 1.64. The largest absolute Gasteiger partial charge is 0.495 e. The van der Waals surface area contributed by atoms with Gasteiger partial charge in [-0.15, -0.1) is 0 Å². The second-order valence-electron chi connectivity index (χ2n) is 9.48. The van der Waals surface area contributed by atoms with E-state index in [2.05, 4.69) is 5.32 Å². The van der Waals surface area contributed by atoms with E-state index in [4.69, 9.17) is 27.9 Å². The van der Waals surface area contributed by atoms with Crippen molar-refractivity contribution >= 4 is 50.7 Å². The molecule has 0 bridgehead atoms. The van der Waals surface area contributed by atoms with Crippen molar-refractivity contribution in [1.29, 1.82) is 0 Å². The topological polar surface area (TPSA) is 96.0 Å². The van der Waals surface area contributed by atoms with Crippen LogP contribution < -0.4 is 14.4 Å². The molecule has 1 atom stereocenters. The predicted molar refractivity (Wildman–Crippen MR) is 164 cm³/mol. The Balaban J connectivity index is 1.90. The maximum absolute atomic E-state index is 13.8. The Hall–Kier alpha value is -3.27. The van der Waals surface area contributed by atoms with E-state index in [-0.39, 0.29) is 37.7 Å². The third kappa shape index (κ3) is 9.11. The first-order chi connectivity index (χ1) is 19.5. The molecule has 220 valence electrons. The Morgan fingerprint density at radius 2 is 1.63 bits per heavy atom. The number of nitrogens with zero attached hydrogens (tertiary/aromatic N) is 2. The summed E-state index contributed by atoms with van der Waals surface area (Å²) in [4.78, 5) is 28.7. The van der Waals surface area contributed by atoms with Crippen molar-refractivity contribution in [2.24, 2.45) is 0 Å². The molecule has 2 amide bonds. The highest BCUT2D eigenvalue weighted by atomic mass is 35.5. The second kappa shape index (κ2) is 15.1. The molecule has 0 spiro atoms. The molecule has 3 aromatic rings. The molecule has 0 saturated heterocycles. The van der Waals surface area contributed by atoms with Gasteiger partial charge in [-0.3, -0.25) is 13.9 Å². The number of carbonyl (C=O) groups excluding carboxylic acids is 2. The van der Waals surface area contributed by atoms with E-state index >= 15 is 0 Å². The zero-order valence-corrected chi connectivity index (χ0v) is 25.7. The molecule has 0 radical (unpaired) electrons. The normalized spacial score (nSPS) is 11.9. The highest BCUT2D eigenvalue weighted by molar-refractivity contribution is 7.92. The molecule has 0 saturated carbocycles. The van der Waals surface area contributed by atoms with Crippen LogP contribution in [0.3, 0.4) is 0 Å². The average Bonchev–Trinajstić information content (AvgIpc) is 2.94. The van der Waals surface area contributed by atoms with Gasteiger partial charge in [0.05, 0.1) is 29.1 Å². The summed E-state index contributed by atoms with van der Waals surface area (Å²) >= 11 is 12.4. The monoisotopic (exact) mass is 619 g/mol. The van der Waals surface area contributed by atoms with Crippen LogP contribution in [0.25, 0.3) is 0 Å². The number of methoxy groups -OCH3 is 1. The van der Waals surface area contributed by atoms with Gasteiger partial charge in [-0.1, -0.05) is 71.7 Å². The number of benzene rings is 3. The lowest BCUT2D eigenvalue weighted by molar-refractivity contribution is -0.141. The maximum atomic E-state index is 13.8. The first-order valence-corrected chi connectivity index (χ1v) is 15.8. The molecule has 8 nitrogen and oxygen atoms in total. The minimum absolute atomic E-state index is 0.00713. The van der Waals surface area contributed by atoms with E-state index in [0.29, 0.717) is 40.0 Å². The quantitative estimate of drug-likeness (QED) is 0.263. The number of ether oxygens (including phenoxy) is 1. The van der Waals surface area contributed by atoms with Gasteiger partial charge in [0.15, 0.2) is 0 Å². The zero-order valence-electron chi connectivity index (χ0n) is 23.3. The van der Waals surface area contributed by atoms with Gasteiger partial charge in [0.1, 0.15) is 11.8 Å². The molecule has 0 aliphatic heterocycles. The smallest absolute Gasteiger partial charge is 0.243 e. The first kappa shape index (κ1) is 32.2. The lowest BCUT2D eigenvalue weighted by Crippen LogP contribution is -2.50. The Bertz CT molecular complexity index is 1440. The first-order valence-electron chi connectivity index (χ1n) is 13.2. The van der Waals surface area contributed by atoms with Crippen LogP contribution in [0.1, 0.15) is 30.9 Å². The van der Waals surface area contributed by atoms with Crippen LogP contribution >= 0.6 is 23.2 Å². The number of nitrogens with one attached hydrogen (secondary N) is 1. The third-order valence-corrected chi connectivity index (χ3v) is 8.38. The minimum atomic E-state index is -3.67. The van der Waals surface area contributed by atoms with Crippen molar-refractivity contribution in [2.45, 2.75) is 38.8 Å². The average molecular weight is 621 g/mol. The SMILES string of the molecule is CCNC(=O)[C@@H](Cc1ccccc1)N(Cc1ccc(Cl)c(Cl)c1)C(=O)CCCN(c1ccccc1OC)S(C)(=O)=O. The summed E-state index contributed by atoms with van der Waals surface area (Å²) in [5, 5.41) is 3.58. The molecular formula is C30H35Cl2N3O5S. The number of likely N-dealkylation sites (N-methyl/N-ethyl adjacent to an activating group) is 1. The fraction of sp³-hybridized carbons (Fsp3) is 0.333. The lowest BCUT2D eigenvalue weighted by Gasteiger charge is -2.32. The van der Waals surface area contributed by atoms with Gasteiger partial charge >= 0.3 is 0 Å². The van der Waals surface area contributed by atoms with Gasteiger partial charge < -0.3 is 15.0 Å². The molecule has 0 heterocycles. The molecule has 0 aliphatic carbocycles. The van der Waals surface area contributed by atoms with Crippen LogP contribution in [-0.2, 0) is 32.6 Å². The summed E-state index contributed by atoms with van der Waals surface area (Å²) in [6, 6.07) is 20.6. The molecular weight excluding hydrogens is 585 g/mol.